The van der Waals surface area contributed by atoms with Gasteiger partial charge in [-0.15, -0.1) is 0 Å². The maximum atomic E-state index is 14.8. The minimum Gasteiger partial charge on any atom is -0.481 e. The first-order chi connectivity index (χ1) is 18.3. The highest BCUT2D eigenvalue weighted by molar-refractivity contribution is 5.79. The molecule has 0 fully saturated rings. The molecule has 0 amide bonds. The van der Waals surface area contributed by atoms with E-state index in [0.29, 0.717) is 29.5 Å². The first-order valence-corrected chi connectivity index (χ1v) is 12.8. The molecule has 3 nitrogen and oxygen atoms in total. The monoisotopic (exact) mass is 549 g/mol. The Balaban J connectivity index is 1.99. The number of aryl methyl sites for hydroxylation is 1. The van der Waals surface area contributed by atoms with E-state index in [2.05, 4.69) is 0 Å². The number of nitrogens with zero attached hydrogens (tertiary/aromatic N) is 1. The Morgan fingerprint density at radius 1 is 0.897 bits per heavy atom. The second kappa shape index (κ2) is 10.9. The third kappa shape index (κ3) is 6.40. The van der Waals surface area contributed by atoms with Gasteiger partial charge in [-0.25, -0.2) is 0 Å². The number of carboxylic acids is 1. The summed E-state index contributed by atoms with van der Waals surface area (Å²) in [4.78, 5) is 13.3. The van der Waals surface area contributed by atoms with Crippen LogP contribution in [0.4, 0.5) is 37.7 Å². The van der Waals surface area contributed by atoms with Gasteiger partial charge in [0, 0.05) is 12.2 Å². The Morgan fingerprint density at radius 3 is 2.18 bits per heavy atom. The number of aliphatic carboxylic acids is 1. The summed E-state index contributed by atoms with van der Waals surface area (Å²) in [5.41, 5.74) is -0.760. The molecule has 1 aliphatic rings. The molecule has 3 aromatic carbocycles. The fraction of sp³-hybridized carbons (Fsp3) is 0.367. The fourth-order valence-electron chi connectivity index (χ4n) is 5.29. The molecule has 0 saturated carbocycles. The molecule has 0 spiro atoms. The molecule has 1 unspecified atom stereocenters. The lowest BCUT2D eigenvalue weighted by Crippen LogP contribution is -2.29. The van der Waals surface area contributed by atoms with Crippen molar-refractivity contribution in [3.63, 3.8) is 0 Å². The summed E-state index contributed by atoms with van der Waals surface area (Å²) in [5, 5.41) is 9.82. The number of carbonyl (C=O) groups is 1. The molecule has 0 bridgehead atoms. The van der Waals surface area contributed by atoms with Gasteiger partial charge in [-0.2, -0.15) is 26.3 Å². The van der Waals surface area contributed by atoms with E-state index >= 15 is 0 Å². The number of hydrogen-bond acceptors (Lipinski definition) is 2. The van der Waals surface area contributed by atoms with Crippen molar-refractivity contribution in [1.29, 1.82) is 0 Å². The molecular formula is C30H29F6NO2. The molecule has 1 N–H and O–H groups in total. The molecule has 0 aromatic heterocycles. The maximum absolute atomic E-state index is 14.8. The zero-order valence-electron chi connectivity index (χ0n) is 21.5. The first kappa shape index (κ1) is 28.5. The van der Waals surface area contributed by atoms with Gasteiger partial charge in [-0.05, 0) is 72.1 Å². The van der Waals surface area contributed by atoms with Gasteiger partial charge in [0.1, 0.15) is 0 Å². The molecule has 1 aliphatic heterocycles. The Labute approximate surface area is 223 Å². The van der Waals surface area contributed by atoms with Crippen molar-refractivity contribution in [1.82, 2.24) is 0 Å². The first-order valence-electron chi connectivity index (χ1n) is 12.8. The van der Waals surface area contributed by atoms with Gasteiger partial charge in [0.25, 0.3) is 0 Å². The van der Waals surface area contributed by atoms with Crippen LogP contribution in [0.2, 0.25) is 0 Å². The average molecular weight is 550 g/mol. The Kier molecular flexibility index (Phi) is 8.00. The van der Waals surface area contributed by atoms with E-state index < -0.39 is 35.4 Å². The van der Waals surface area contributed by atoms with Gasteiger partial charge < -0.3 is 10.0 Å². The SMILES string of the molecule is CC(C)CC(Cc1cc(-c2ccccc2)cc(N2CCCc3ccc(C(F)(F)F)cc32)c1C(F)(F)F)C(=O)O. The molecule has 1 heterocycles. The number of rotatable bonds is 7. The Morgan fingerprint density at radius 2 is 1.59 bits per heavy atom. The zero-order chi connectivity index (χ0) is 28.5. The van der Waals surface area contributed by atoms with Gasteiger partial charge in [0.05, 0.1) is 22.7 Å². The largest absolute Gasteiger partial charge is 0.481 e. The summed E-state index contributed by atoms with van der Waals surface area (Å²) in [6.45, 7) is 3.69. The number of anilines is 2. The summed E-state index contributed by atoms with van der Waals surface area (Å²) >= 11 is 0. The molecule has 1 atom stereocenters. The van der Waals surface area contributed by atoms with Gasteiger partial charge >= 0.3 is 18.3 Å². The summed E-state index contributed by atoms with van der Waals surface area (Å²) in [6.07, 6.45) is -8.83. The Hall–Kier alpha value is -3.49. The molecule has 9 heteroatoms. The second-order valence-electron chi connectivity index (χ2n) is 10.4. The van der Waals surface area contributed by atoms with Crippen LogP contribution in [0.15, 0.2) is 60.7 Å². The Bertz CT molecular complexity index is 1330. The zero-order valence-corrected chi connectivity index (χ0v) is 21.5. The van der Waals surface area contributed by atoms with Crippen molar-refractivity contribution in [2.75, 3.05) is 11.4 Å². The number of fused-ring (bicyclic) bond motifs is 1. The molecule has 39 heavy (non-hydrogen) atoms. The van der Waals surface area contributed by atoms with Crippen LogP contribution in [0.3, 0.4) is 0 Å². The normalized spacial score (nSPS) is 14.8. The third-order valence-electron chi connectivity index (χ3n) is 6.98. The van der Waals surface area contributed by atoms with Crippen molar-refractivity contribution < 1.29 is 36.2 Å². The lowest BCUT2D eigenvalue weighted by atomic mass is 9.86. The van der Waals surface area contributed by atoms with Crippen molar-refractivity contribution in [2.24, 2.45) is 11.8 Å². The fourth-order valence-corrected chi connectivity index (χ4v) is 5.29. The number of benzene rings is 3. The molecular weight excluding hydrogens is 520 g/mol. The van der Waals surface area contributed by atoms with Crippen molar-refractivity contribution in [3.05, 3.63) is 82.9 Å². The van der Waals surface area contributed by atoms with Gasteiger partial charge in [-0.1, -0.05) is 56.3 Å². The van der Waals surface area contributed by atoms with Crippen LogP contribution in [-0.4, -0.2) is 17.6 Å². The van der Waals surface area contributed by atoms with E-state index in [9.17, 15) is 36.2 Å². The number of halogens is 6. The predicted octanol–water partition coefficient (Wildman–Crippen LogP) is 8.76. The number of carboxylic acid groups (broad SMARTS) is 1. The van der Waals surface area contributed by atoms with Crippen LogP contribution in [-0.2, 0) is 30.0 Å². The average Bonchev–Trinajstić information content (AvgIpc) is 2.86. The van der Waals surface area contributed by atoms with Crippen LogP contribution in [0.1, 0.15) is 48.9 Å². The summed E-state index contributed by atoms with van der Waals surface area (Å²) in [5.74, 6) is -2.32. The number of alkyl halides is 6. The highest BCUT2D eigenvalue weighted by atomic mass is 19.4. The van der Waals surface area contributed by atoms with Crippen molar-refractivity contribution in [2.45, 2.75) is 51.9 Å². The molecule has 208 valence electrons. The van der Waals surface area contributed by atoms with Crippen LogP contribution in [0.5, 0.6) is 0 Å². The molecule has 0 aliphatic carbocycles. The number of hydrogen-bond donors (Lipinski definition) is 1. The molecule has 0 saturated heterocycles. The van der Waals surface area contributed by atoms with Crippen molar-refractivity contribution >= 4 is 17.3 Å². The third-order valence-corrected chi connectivity index (χ3v) is 6.98. The van der Waals surface area contributed by atoms with E-state index in [1.165, 1.54) is 23.1 Å². The second-order valence-corrected chi connectivity index (χ2v) is 10.4. The van der Waals surface area contributed by atoms with Gasteiger partial charge in [0.2, 0.25) is 0 Å². The van der Waals surface area contributed by atoms with E-state index in [1.807, 2.05) is 0 Å². The van der Waals surface area contributed by atoms with Crippen LogP contribution in [0, 0.1) is 11.8 Å². The predicted molar refractivity (Wildman–Crippen MR) is 138 cm³/mol. The summed E-state index contributed by atoms with van der Waals surface area (Å²) in [6, 6.07) is 14.6. The summed E-state index contributed by atoms with van der Waals surface area (Å²) < 4.78 is 85.1. The highest BCUT2D eigenvalue weighted by Gasteiger charge is 2.40. The minimum absolute atomic E-state index is 0.0630. The molecule has 4 rings (SSSR count). The van der Waals surface area contributed by atoms with E-state index in [4.69, 9.17) is 0 Å². The molecule has 0 radical (unpaired) electrons. The quantitative estimate of drug-likeness (QED) is 0.300. The lowest BCUT2D eigenvalue weighted by molar-refractivity contribution is -0.143. The highest BCUT2D eigenvalue weighted by Crippen LogP contribution is 2.47. The van der Waals surface area contributed by atoms with E-state index in [0.717, 1.165) is 12.1 Å². The van der Waals surface area contributed by atoms with E-state index in [1.54, 1.807) is 44.2 Å². The van der Waals surface area contributed by atoms with E-state index in [-0.39, 0.29) is 42.2 Å². The lowest BCUT2D eigenvalue weighted by Gasteiger charge is -2.35. The van der Waals surface area contributed by atoms with Crippen LogP contribution in [0.25, 0.3) is 11.1 Å². The van der Waals surface area contributed by atoms with Crippen molar-refractivity contribution in [3.8, 4) is 11.1 Å². The standard InChI is InChI=1S/C30H29F6NO2/c1-18(2)13-23(28(38)39)15-22-14-21(19-7-4-3-5-8-19)16-26(27(22)30(34,35)36)37-12-6-9-20-10-11-24(17-25(20)37)29(31,32)33/h3-5,7-8,10-11,14,16-18,23H,6,9,12-13,15H2,1-2H3,(H,38,39). The summed E-state index contributed by atoms with van der Waals surface area (Å²) in [7, 11) is 0. The van der Waals surface area contributed by atoms with Gasteiger partial charge in [-0.3, -0.25) is 4.79 Å². The van der Waals surface area contributed by atoms with Crippen LogP contribution >= 0.6 is 0 Å². The van der Waals surface area contributed by atoms with Gasteiger partial charge in [0.15, 0.2) is 0 Å². The smallest absolute Gasteiger partial charge is 0.418 e. The minimum atomic E-state index is -4.87. The van der Waals surface area contributed by atoms with Crippen LogP contribution < -0.4 is 4.90 Å². The molecule has 3 aromatic rings. The maximum Gasteiger partial charge on any atom is 0.418 e. The topological polar surface area (TPSA) is 40.5 Å².